The molecular formula is C16H32N2O2. The Balaban J connectivity index is 1.87. The van der Waals surface area contributed by atoms with Crippen LogP contribution in [0.4, 0.5) is 0 Å². The number of nitrogens with one attached hydrogen (secondary N) is 1. The lowest BCUT2D eigenvalue weighted by atomic mass is 9.83. The Morgan fingerprint density at radius 1 is 1.30 bits per heavy atom. The molecule has 1 saturated carbocycles. The molecule has 0 amide bonds. The van der Waals surface area contributed by atoms with E-state index in [1.807, 2.05) is 0 Å². The zero-order chi connectivity index (χ0) is 14.4. The summed E-state index contributed by atoms with van der Waals surface area (Å²) < 4.78 is 5.64. The van der Waals surface area contributed by atoms with Crippen LogP contribution >= 0.6 is 0 Å². The molecule has 118 valence electrons. The minimum absolute atomic E-state index is 0.0110. The van der Waals surface area contributed by atoms with Crippen molar-refractivity contribution in [2.75, 3.05) is 32.8 Å². The minimum atomic E-state index is 0.0110. The zero-order valence-corrected chi connectivity index (χ0v) is 13.2. The van der Waals surface area contributed by atoms with Gasteiger partial charge in [0.15, 0.2) is 0 Å². The highest BCUT2D eigenvalue weighted by atomic mass is 16.5. The van der Waals surface area contributed by atoms with Crippen molar-refractivity contribution in [1.29, 1.82) is 0 Å². The third-order valence-electron chi connectivity index (χ3n) is 4.87. The Kier molecular flexibility index (Phi) is 6.75. The molecule has 1 saturated heterocycles. The van der Waals surface area contributed by atoms with Crippen molar-refractivity contribution >= 4 is 0 Å². The van der Waals surface area contributed by atoms with Gasteiger partial charge >= 0.3 is 0 Å². The third kappa shape index (κ3) is 4.42. The highest BCUT2D eigenvalue weighted by Gasteiger charge is 2.31. The van der Waals surface area contributed by atoms with Gasteiger partial charge in [-0.2, -0.15) is 0 Å². The van der Waals surface area contributed by atoms with Gasteiger partial charge in [0, 0.05) is 25.2 Å². The van der Waals surface area contributed by atoms with Gasteiger partial charge in [-0.15, -0.1) is 0 Å². The molecule has 20 heavy (non-hydrogen) atoms. The van der Waals surface area contributed by atoms with Crippen molar-refractivity contribution in [3.8, 4) is 0 Å². The molecule has 0 aromatic carbocycles. The summed E-state index contributed by atoms with van der Waals surface area (Å²) in [5.74, 6) is 0.759. The predicted octanol–water partition coefficient (Wildman–Crippen LogP) is 1.63. The van der Waals surface area contributed by atoms with E-state index in [1.54, 1.807) is 0 Å². The molecular weight excluding hydrogens is 252 g/mol. The normalized spacial score (nSPS) is 36.1. The Bertz CT molecular complexity index is 275. The van der Waals surface area contributed by atoms with E-state index < -0.39 is 0 Å². The smallest absolute Gasteiger partial charge is 0.0933 e. The first kappa shape index (κ1) is 16.2. The minimum Gasteiger partial charge on any atom is -0.394 e. The van der Waals surface area contributed by atoms with Gasteiger partial charge in [0.2, 0.25) is 0 Å². The molecule has 4 nitrogen and oxygen atoms in total. The number of nitrogens with zero attached hydrogens (tertiary/aromatic N) is 1. The molecule has 0 bridgehead atoms. The van der Waals surface area contributed by atoms with Crippen LogP contribution in [-0.2, 0) is 4.74 Å². The van der Waals surface area contributed by atoms with E-state index in [0.29, 0.717) is 12.1 Å². The highest BCUT2D eigenvalue weighted by Crippen LogP contribution is 2.27. The van der Waals surface area contributed by atoms with Crippen molar-refractivity contribution in [2.45, 2.75) is 64.1 Å². The fourth-order valence-corrected chi connectivity index (χ4v) is 3.57. The number of morpholine rings is 1. The van der Waals surface area contributed by atoms with Gasteiger partial charge in [0.25, 0.3) is 0 Å². The Morgan fingerprint density at radius 2 is 2.10 bits per heavy atom. The first-order chi connectivity index (χ1) is 9.74. The van der Waals surface area contributed by atoms with Crippen LogP contribution in [0, 0.1) is 5.92 Å². The lowest BCUT2D eigenvalue weighted by Crippen LogP contribution is -2.53. The molecule has 0 spiro atoms. The second-order valence-corrected chi connectivity index (χ2v) is 6.55. The average Bonchev–Trinajstić information content (AvgIpc) is 2.48. The average molecular weight is 284 g/mol. The van der Waals surface area contributed by atoms with Gasteiger partial charge in [-0.25, -0.2) is 0 Å². The van der Waals surface area contributed by atoms with Crippen LogP contribution in [0.15, 0.2) is 0 Å². The van der Waals surface area contributed by atoms with Crippen LogP contribution in [0.2, 0.25) is 0 Å². The van der Waals surface area contributed by atoms with Gasteiger partial charge < -0.3 is 15.2 Å². The molecule has 0 aromatic heterocycles. The molecule has 2 rings (SSSR count). The Morgan fingerprint density at radius 3 is 2.85 bits per heavy atom. The van der Waals surface area contributed by atoms with Crippen molar-refractivity contribution in [3.63, 3.8) is 0 Å². The molecule has 2 fully saturated rings. The quantitative estimate of drug-likeness (QED) is 0.778. The number of hydrogen-bond donors (Lipinski definition) is 2. The summed E-state index contributed by atoms with van der Waals surface area (Å²) in [7, 11) is 0. The molecule has 1 aliphatic carbocycles. The van der Waals surface area contributed by atoms with Gasteiger partial charge in [-0.05, 0) is 38.6 Å². The van der Waals surface area contributed by atoms with E-state index in [1.165, 1.54) is 32.1 Å². The van der Waals surface area contributed by atoms with Crippen molar-refractivity contribution in [2.24, 2.45) is 5.92 Å². The molecule has 4 unspecified atom stereocenters. The van der Waals surface area contributed by atoms with Gasteiger partial charge in [-0.3, -0.25) is 4.90 Å². The highest BCUT2D eigenvalue weighted by molar-refractivity contribution is 4.86. The van der Waals surface area contributed by atoms with Crippen LogP contribution in [-0.4, -0.2) is 61.0 Å². The SMILES string of the molecule is CCCNC1CCCCC1CN1CC(CO)OCC1C. The molecule has 2 N–H and O–H groups in total. The summed E-state index contributed by atoms with van der Waals surface area (Å²) in [6.45, 7) is 8.55. The first-order valence-electron chi connectivity index (χ1n) is 8.44. The lowest BCUT2D eigenvalue weighted by molar-refractivity contribution is -0.0836. The largest absolute Gasteiger partial charge is 0.394 e. The van der Waals surface area contributed by atoms with Crippen molar-refractivity contribution in [1.82, 2.24) is 10.2 Å². The summed E-state index contributed by atoms with van der Waals surface area (Å²) in [5, 5.41) is 13.0. The van der Waals surface area contributed by atoms with Crippen LogP contribution in [0.25, 0.3) is 0 Å². The van der Waals surface area contributed by atoms with Gasteiger partial charge in [0.1, 0.15) is 0 Å². The molecule has 0 radical (unpaired) electrons. The summed E-state index contributed by atoms with van der Waals surface area (Å²) in [6, 6.07) is 1.16. The molecule has 4 atom stereocenters. The lowest BCUT2D eigenvalue weighted by Gasteiger charge is -2.42. The summed E-state index contributed by atoms with van der Waals surface area (Å²) in [6.07, 6.45) is 6.63. The van der Waals surface area contributed by atoms with E-state index in [2.05, 4.69) is 24.1 Å². The van der Waals surface area contributed by atoms with Gasteiger partial charge in [-0.1, -0.05) is 19.8 Å². The molecule has 4 heteroatoms. The molecule has 2 aliphatic rings. The number of hydrogen-bond acceptors (Lipinski definition) is 4. The maximum absolute atomic E-state index is 9.31. The maximum atomic E-state index is 9.31. The molecule has 0 aromatic rings. The fourth-order valence-electron chi connectivity index (χ4n) is 3.57. The third-order valence-corrected chi connectivity index (χ3v) is 4.87. The van der Waals surface area contributed by atoms with Crippen LogP contribution in [0.3, 0.4) is 0 Å². The van der Waals surface area contributed by atoms with Crippen LogP contribution in [0.5, 0.6) is 0 Å². The first-order valence-corrected chi connectivity index (χ1v) is 8.44. The second kappa shape index (κ2) is 8.32. The van der Waals surface area contributed by atoms with Crippen LogP contribution < -0.4 is 5.32 Å². The van der Waals surface area contributed by atoms with Crippen molar-refractivity contribution < 1.29 is 9.84 Å². The summed E-state index contributed by atoms with van der Waals surface area (Å²) in [4.78, 5) is 2.53. The summed E-state index contributed by atoms with van der Waals surface area (Å²) >= 11 is 0. The molecule has 1 aliphatic heterocycles. The molecule has 1 heterocycles. The Labute approximate surface area is 123 Å². The summed E-state index contributed by atoms with van der Waals surface area (Å²) in [5.41, 5.74) is 0. The number of aliphatic hydroxyl groups is 1. The number of ether oxygens (including phenoxy) is 1. The second-order valence-electron chi connectivity index (χ2n) is 6.55. The van der Waals surface area contributed by atoms with E-state index in [0.717, 1.165) is 32.2 Å². The zero-order valence-electron chi connectivity index (χ0n) is 13.2. The van der Waals surface area contributed by atoms with E-state index in [9.17, 15) is 5.11 Å². The topological polar surface area (TPSA) is 44.7 Å². The van der Waals surface area contributed by atoms with Crippen molar-refractivity contribution in [3.05, 3.63) is 0 Å². The monoisotopic (exact) mass is 284 g/mol. The number of aliphatic hydroxyl groups excluding tert-OH is 1. The van der Waals surface area contributed by atoms with Gasteiger partial charge in [0.05, 0.1) is 19.3 Å². The predicted molar refractivity (Wildman–Crippen MR) is 81.9 cm³/mol. The standard InChI is InChI=1S/C16H32N2O2/c1-3-8-17-16-7-5-4-6-14(16)9-18-10-15(11-19)20-12-13(18)2/h13-17,19H,3-12H2,1-2H3. The van der Waals surface area contributed by atoms with E-state index in [4.69, 9.17) is 4.74 Å². The van der Waals surface area contributed by atoms with Crippen LogP contribution in [0.1, 0.15) is 46.0 Å². The Hall–Kier alpha value is -0.160. The number of rotatable bonds is 6. The maximum Gasteiger partial charge on any atom is 0.0933 e. The van der Waals surface area contributed by atoms with E-state index in [-0.39, 0.29) is 12.7 Å². The fraction of sp³-hybridized carbons (Fsp3) is 1.00. The van der Waals surface area contributed by atoms with E-state index >= 15 is 0 Å².